The summed E-state index contributed by atoms with van der Waals surface area (Å²) in [5.41, 5.74) is 4.23. The van der Waals surface area contributed by atoms with Crippen molar-refractivity contribution in [3.63, 3.8) is 0 Å². The molecule has 0 unspecified atom stereocenters. The van der Waals surface area contributed by atoms with Crippen LogP contribution in [0.25, 0.3) is 11.9 Å². The van der Waals surface area contributed by atoms with E-state index < -0.39 is 0 Å². The Morgan fingerprint density at radius 3 is 2.54 bits per heavy atom. The number of hydrogen-bond donors (Lipinski definition) is 0. The van der Waals surface area contributed by atoms with E-state index >= 15 is 0 Å². The monoisotopic (exact) mass is 369 g/mol. The van der Waals surface area contributed by atoms with Crippen molar-refractivity contribution in [1.29, 1.82) is 0 Å². The number of pyridine rings is 1. The molecule has 0 spiro atoms. The molecular weight excluding hydrogens is 349 g/mol. The predicted octanol–water partition coefficient (Wildman–Crippen LogP) is 5.88. The highest BCUT2D eigenvalue weighted by Crippen LogP contribution is 2.22. The van der Waals surface area contributed by atoms with Crippen LogP contribution in [0.3, 0.4) is 0 Å². The van der Waals surface area contributed by atoms with E-state index in [0.717, 1.165) is 16.8 Å². The Morgan fingerprint density at radius 2 is 1.92 bits per heavy atom. The van der Waals surface area contributed by atoms with E-state index in [4.69, 9.17) is 11.6 Å². The maximum Gasteiger partial charge on any atom is 0.151 e. The molecule has 134 valence electrons. The molecule has 0 aliphatic rings. The standard InChI is InChI=1S/C21H21ClFN3/c1-14(2)18-7-4-16(5-8-18)11-19(23)20-10-15(3)26(25-20)13-17-6-9-21(22)24-12-17/h4-12,14H,13H2,1-3H3. The van der Waals surface area contributed by atoms with Gasteiger partial charge in [-0.15, -0.1) is 0 Å². The van der Waals surface area contributed by atoms with Crippen LogP contribution < -0.4 is 0 Å². The Labute approximate surface area is 158 Å². The van der Waals surface area contributed by atoms with Crippen molar-refractivity contribution >= 4 is 23.5 Å². The van der Waals surface area contributed by atoms with Crippen LogP contribution in [0.4, 0.5) is 4.39 Å². The lowest BCUT2D eigenvalue weighted by molar-refractivity contribution is 0.652. The number of nitrogens with zero attached hydrogens (tertiary/aromatic N) is 3. The van der Waals surface area contributed by atoms with Crippen molar-refractivity contribution in [2.24, 2.45) is 0 Å². The minimum absolute atomic E-state index is 0.331. The number of benzene rings is 1. The fourth-order valence-electron chi connectivity index (χ4n) is 2.66. The first-order valence-corrected chi connectivity index (χ1v) is 8.92. The lowest BCUT2D eigenvalue weighted by atomic mass is 10.0. The second-order valence-corrected chi connectivity index (χ2v) is 7.02. The van der Waals surface area contributed by atoms with Gasteiger partial charge in [-0.25, -0.2) is 9.37 Å². The summed E-state index contributed by atoms with van der Waals surface area (Å²) in [6.07, 6.45) is 3.21. The molecule has 3 aromatic rings. The van der Waals surface area contributed by atoms with E-state index in [9.17, 15) is 4.39 Å². The van der Waals surface area contributed by atoms with Gasteiger partial charge in [0.05, 0.1) is 6.54 Å². The van der Waals surface area contributed by atoms with E-state index in [2.05, 4.69) is 23.9 Å². The van der Waals surface area contributed by atoms with Gasteiger partial charge in [-0.3, -0.25) is 4.68 Å². The van der Waals surface area contributed by atoms with Gasteiger partial charge in [0.15, 0.2) is 5.83 Å². The molecule has 0 amide bonds. The molecule has 0 saturated carbocycles. The zero-order chi connectivity index (χ0) is 18.7. The lowest BCUT2D eigenvalue weighted by Gasteiger charge is -2.05. The van der Waals surface area contributed by atoms with Crippen LogP contribution in [0, 0.1) is 6.92 Å². The van der Waals surface area contributed by atoms with Crippen LogP contribution in [0.2, 0.25) is 5.15 Å². The Morgan fingerprint density at radius 1 is 1.19 bits per heavy atom. The van der Waals surface area contributed by atoms with Crippen LogP contribution >= 0.6 is 11.6 Å². The summed E-state index contributed by atoms with van der Waals surface area (Å²) in [7, 11) is 0. The average molecular weight is 370 g/mol. The van der Waals surface area contributed by atoms with Gasteiger partial charge in [0.25, 0.3) is 0 Å². The van der Waals surface area contributed by atoms with E-state index in [-0.39, 0.29) is 5.83 Å². The van der Waals surface area contributed by atoms with E-state index in [0.29, 0.717) is 23.3 Å². The lowest BCUT2D eigenvalue weighted by Crippen LogP contribution is -2.04. The number of aryl methyl sites for hydroxylation is 1. The van der Waals surface area contributed by atoms with Crippen molar-refractivity contribution in [3.8, 4) is 0 Å². The first-order chi connectivity index (χ1) is 12.4. The predicted molar refractivity (Wildman–Crippen MR) is 105 cm³/mol. The third-order valence-electron chi connectivity index (χ3n) is 4.24. The molecule has 0 atom stereocenters. The minimum Gasteiger partial charge on any atom is -0.265 e. The molecule has 0 radical (unpaired) electrons. The zero-order valence-electron chi connectivity index (χ0n) is 15.1. The molecule has 1 aromatic carbocycles. The Balaban J connectivity index is 1.79. The molecule has 5 heteroatoms. The third-order valence-corrected chi connectivity index (χ3v) is 4.47. The van der Waals surface area contributed by atoms with Crippen LogP contribution in [-0.4, -0.2) is 14.8 Å². The maximum absolute atomic E-state index is 14.6. The number of hydrogen-bond acceptors (Lipinski definition) is 2. The largest absolute Gasteiger partial charge is 0.265 e. The SMILES string of the molecule is Cc1cc(C(F)=Cc2ccc(C(C)C)cc2)nn1Cc1ccc(Cl)nc1. The van der Waals surface area contributed by atoms with Crippen molar-refractivity contribution in [2.45, 2.75) is 33.2 Å². The van der Waals surface area contributed by atoms with Gasteiger partial charge in [-0.05, 0) is 47.7 Å². The molecule has 3 rings (SSSR count). The highest BCUT2D eigenvalue weighted by atomic mass is 35.5. The Bertz CT molecular complexity index is 909. The maximum atomic E-state index is 14.6. The molecule has 0 aliphatic carbocycles. The molecule has 0 aliphatic heterocycles. The minimum atomic E-state index is -0.349. The number of rotatable bonds is 5. The second kappa shape index (κ2) is 7.83. The van der Waals surface area contributed by atoms with Crippen molar-refractivity contribution < 1.29 is 4.39 Å². The number of aromatic nitrogens is 3. The zero-order valence-corrected chi connectivity index (χ0v) is 15.8. The summed E-state index contributed by atoms with van der Waals surface area (Å²) in [6.45, 7) is 6.70. The molecule has 2 heterocycles. The fraction of sp³-hybridized carbons (Fsp3) is 0.238. The molecule has 0 fully saturated rings. The molecule has 3 nitrogen and oxygen atoms in total. The Hall–Kier alpha value is -2.46. The molecule has 26 heavy (non-hydrogen) atoms. The highest BCUT2D eigenvalue weighted by Gasteiger charge is 2.10. The van der Waals surface area contributed by atoms with Gasteiger partial charge in [-0.2, -0.15) is 5.10 Å². The first kappa shape index (κ1) is 18.3. The van der Waals surface area contributed by atoms with Gasteiger partial charge >= 0.3 is 0 Å². The summed E-state index contributed by atoms with van der Waals surface area (Å²) in [4.78, 5) is 4.06. The second-order valence-electron chi connectivity index (χ2n) is 6.63. The Kier molecular flexibility index (Phi) is 5.52. The smallest absolute Gasteiger partial charge is 0.151 e. The van der Waals surface area contributed by atoms with Crippen LogP contribution in [-0.2, 0) is 6.54 Å². The van der Waals surface area contributed by atoms with Crippen molar-refractivity contribution in [3.05, 3.63) is 81.9 Å². The van der Waals surface area contributed by atoms with Gasteiger partial charge in [0, 0.05) is 11.9 Å². The van der Waals surface area contributed by atoms with Crippen LogP contribution in [0.15, 0.2) is 48.7 Å². The first-order valence-electron chi connectivity index (χ1n) is 8.55. The quantitative estimate of drug-likeness (QED) is 0.526. The van der Waals surface area contributed by atoms with Gasteiger partial charge in [0.2, 0.25) is 0 Å². The van der Waals surface area contributed by atoms with Crippen molar-refractivity contribution in [1.82, 2.24) is 14.8 Å². The molecule has 0 saturated heterocycles. The van der Waals surface area contributed by atoms with Gasteiger partial charge < -0.3 is 0 Å². The molecule has 2 aromatic heterocycles. The normalized spacial score (nSPS) is 12.0. The van der Waals surface area contributed by atoms with Gasteiger partial charge in [0.1, 0.15) is 10.8 Å². The summed E-state index contributed by atoms with van der Waals surface area (Å²) >= 11 is 5.80. The van der Waals surface area contributed by atoms with Crippen LogP contribution in [0.5, 0.6) is 0 Å². The summed E-state index contributed by atoms with van der Waals surface area (Å²) in [6, 6.07) is 13.3. The highest BCUT2D eigenvalue weighted by molar-refractivity contribution is 6.29. The van der Waals surface area contributed by atoms with Crippen LogP contribution in [0.1, 0.15) is 47.8 Å². The number of halogens is 2. The van der Waals surface area contributed by atoms with E-state index in [1.54, 1.807) is 23.0 Å². The average Bonchev–Trinajstić information content (AvgIpc) is 2.98. The third kappa shape index (κ3) is 4.38. The fourth-order valence-corrected chi connectivity index (χ4v) is 2.77. The summed E-state index contributed by atoms with van der Waals surface area (Å²) < 4.78 is 16.4. The summed E-state index contributed by atoms with van der Waals surface area (Å²) in [5.74, 6) is 0.108. The summed E-state index contributed by atoms with van der Waals surface area (Å²) in [5, 5.41) is 4.83. The van der Waals surface area contributed by atoms with E-state index in [1.165, 1.54) is 11.6 Å². The van der Waals surface area contributed by atoms with E-state index in [1.807, 2.05) is 37.3 Å². The van der Waals surface area contributed by atoms with Gasteiger partial charge in [-0.1, -0.05) is 55.8 Å². The molecular formula is C21H21ClFN3. The van der Waals surface area contributed by atoms with Crippen molar-refractivity contribution in [2.75, 3.05) is 0 Å². The molecule has 0 bridgehead atoms. The topological polar surface area (TPSA) is 30.7 Å². The molecule has 0 N–H and O–H groups in total.